The molecule has 1 aromatic rings. The normalized spacial score (nSPS) is 13.0. The van der Waals surface area contributed by atoms with Crippen molar-refractivity contribution in [2.24, 2.45) is 0 Å². The molecule has 0 saturated heterocycles. The van der Waals surface area contributed by atoms with E-state index in [2.05, 4.69) is 20.4 Å². The molecule has 0 amide bonds. The van der Waals surface area contributed by atoms with Crippen LogP contribution in [0.15, 0.2) is 18.2 Å². The van der Waals surface area contributed by atoms with E-state index in [1.165, 1.54) is 0 Å². The molecular formula is C21H38O4Si. The zero-order valence-electron chi connectivity index (χ0n) is 18.2. The first kappa shape index (κ1) is 23.0. The fourth-order valence-electron chi connectivity index (χ4n) is 2.57. The van der Waals surface area contributed by atoms with Gasteiger partial charge in [-0.2, -0.15) is 0 Å². The van der Waals surface area contributed by atoms with Crippen LogP contribution in [0, 0.1) is 0 Å². The molecule has 0 aliphatic rings. The lowest BCUT2D eigenvalue weighted by Crippen LogP contribution is -2.53. The summed E-state index contributed by atoms with van der Waals surface area (Å²) in [5.74, 6) is 1.58. The van der Waals surface area contributed by atoms with Crippen molar-refractivity contribution in [2.45, 2.75) is 86.0 Å². The number of ether oxygens (including phenoxy) is 2. The Morgan fingerprint density at radius 1 is 0.769 bits per heavy atom. The van der Waals surface area contributed by atoms with Gasteiger partial charge in [0.2, 0.25) is 0 Å². The lowest BCUT2D eigenvalue weighted by atomic mass is 10.2. The van der Waals surface area contributed by atoms with Crippen LogP contribution in [-0.2, 0) is 8.85 Å². The first-order valence-corrected chi connectivity index (χ1v) is 12.0. The SMILES string of the molecule is CCCO[Si](C)(OCCC)c1c(OC(C)(C)C)cccc1OC(C)(C)C. The van der Waals surface area contributed by atoms with Gasteiger partial charge in [-0.1, -0.05) is 19.9 Å². The first-order valence-electron chi connectivity index (χ1n) is 9.71. The third-order valence-electron chi connectivity index (χ3n) is 3.44. The highest BCUT2D eigenvalue weighted by Gasteiger charge is 2.41. The quantitative estimate of drug-likeness (QED) is 0.552. The zero-order valence-corrected chi connectivity index (χ0v) is 19.2. The Hall–Kier alpha value is -1.04. The summed E-state index contributed by atoms with van der Waals surface area (Å²) in [7, 11) is -2.71. The van der Waals surface area contributed by atoms with E-state index in [0.29, 0.717) is 13.2 Å². The maximum absolute atomic E-state index is 6.33. The van der Waals surface area contributed by atoms with Crippen LogP contribution in [0.5, 0.6) is 11.5 Å². The van der Waals surface area contributed by atoms with E-state index in [1.807, 2.05) is 59.7 Å². The molecule has 1 aromatic carbocycles. The smallest absolute Gasteiger partial charge is 0.376 e. The van der Waals surface area contributed by atoms with Crippen LogP contribution < -0.4 is 14.7 Å². The maximum atomic E-state index is 6.33. The lowest BCUT2D eigenvalue weighted by molar-refractivity contribution is 0.120. The van der Waals surface area contributed by atoms with Crippen molar-refractivity contribution in [3.63, 3.8) is 0 Å². The highest BCUT2D eigenvalue weighted by atomic mass is 28.4. The molecule has 0 heterocycles. The van der Waals surface area contributed by atoms with Gasteiger partial charge in [-0.25, -0.2) is 0 Å². The van der Waals surface area contributed by atoms with Crippen molar-refractivity contribution in [3.05, 3.63) is 18.2 Å². The average molecular weight is 383 g/mol. The standard InChI is InChI=1S/C21H38O4Si/c1-10-15-22-26(9,23-16-11-2)19-17(24-20(3,4)5)13-12-14-18(19)25-21(6,7)8/h12-14H,10-11,15-16H2,1-9H3. The van der Waals surface area contributed by atoms with E-state index in [0.717, 1.165) is 29.5 Å². The van der Waals surface area contributed by atoms with Crippen LogP contribution in [-0.4, -0.2) is 33.0 Å². The minimum Gasteiger partial charge on any atom is -0.488 e. The summed E-state index contributed by atoms with van der Waals surface area (Å²) in [6.45, 7) is 19.9. The van der Waals surface area contributed by atoms with Crippen LogP contribution in [0.1, 0.15) is 68.2 Å². The van der Waals surface area contributed by atoms with Gasteiger partial charge in [0.25, 0.3) is 0 Å². The fourth-order valence-corrected chi connectivity index (χ4v) is 5.29. The van der Waals surface area contributed by atoms with E-state index in [-0.39, 0.29) is 11.2 Å². The number of benzene rings is 1. The summed E-state index contributed by atoms with van der Waals surface area (Å²) in [4.78, 5) is 0. The van der Waals surface area contributed by atoms with Gasteiger partial charge in [-0.05, 0) is 73.1 Å². The molecule has 0 bridgehead atoms. The predicted molar refractivity (Wildman–Crippen MR) is 111 cm³/mol. The Morgan fingerprint density at radius 2 is 1.15 bits per heavy atom. The molecule has 4 nitrogen and oxygen atoms in total. The molecule has 0 spiro atoms. The monoisotopic (exact) mass is 382 g/mol. The minimum absolute atomic E-state index is 0.320. The Morgan fingerprint density at radius 3 is 1.46 bits per heavy atom. The molecule has 1 rings (SSSR count). The fraction of sp³-hybridized carbons (Fsp3) is 0.714. The molecule has 150 valence electrons. The van der Waals surface area contributed by atoms with Crippen molar-refractivity contribution < 1.29 is 18.3 Å². The molecule has 0 unspecified atom stereocenters. The molecule has 0 saturated carbocycles. The first-order chi connectivity index (χ1) is 11.9. The summed E-state index contributed by atoms with van der Waals surface area (Å²) in [6.07, 6.45) is 1.88. The molecule has 0 radical (unpaired) electrons. The highest BCUT2D eigenvalue weighted by molar-refractivity contribution is 6.81. The number of hydrogen-bond donors (Lipinski definition) is 0. The predicted octanol–water partition coefficient (Wildman–Crippen LogP) is 5.17. The molecule has 26 heavy (non-hydrogen) atoms. The van der Waals surface area contributed by atoms with Gasteiger partial charge < -0.3 is 18.3 Å². The Labute approximate surface area is 161 Å². The third kappa shape index (κ3) is 7.29. The molecule has 0 aromatic heterocycles. The van der Waals surface area contributed by atoms with Gasteiger partial charge in [0.1, 0.15) is 22.7 Å². The van der Waals surface area contributed by atoms with Crippen LogP contribution in [0.2, 0.25) is 6.55 Å². The molecule has 0 atom stereocenters. The zero-order chi connectivity index (χ0) is 20.0. The van der Waals surface area contributed by atoms with Crippen LogP contribution in [0.3, 0.4) is 0 Å². The third-order valence-corrected chi connectivity index (χ3v) is 6.35. The van der Waals surface area contributed by atoms with Crippen molar-refractivity contribution >= 4 is 13.7 Å². The summed E-state index contributed by atoms with van der Waals surface area (Å²) >= 11 is 0. The van der Waals surface area contributed by atoms with E-state index in [4.69, 9.17) is 18.3 Å². The van der Waals surface area contributed by atoms with Gasteiger partial charge in [0.15, 0.2) is 0 Å². The maximum Gasteiger partial charge on any atom is 0.376 e. The van der Waals surface area contributed by atoms with Gasteiger partial charge in [-0.3, -0.25) is 0 Å². The highest BCUT2D eigenvalue weighted by Crippen LogP contribution is 2.29. The second kappa shape index (κ2) is 9.24. The Kier molecular flexibility index (Phi) is 8.18. The van der Waals surface area contributed by atoms with E-state index in [9.17, 15) is 0 Å². The van der Waals surface area contributed by atoms with Gasteiger partial charge in [0.05, 0.1) is 5.19 Å². The molecule has 0 N–H and O–H groups in total. The lowest BCUT2D eigenvalue weighted by Gasteiger charge is -2.34. The second-order valence-electron chi connectivity index (χ2n) is 8.70. The summed E-state index contributed by atoms with van der Waals surface area (Å²) in [6, 6.07) is 5.96. The van der Waals surface area contributed by atoms with E-state index < -0.39 is 8.56 Å². The van der Waals surface area contributed by atoms with Gasteiger partial charge in [-0.15, -0.1) is 0 Å². The van der Waals surface area contributed by atoms with E-state index in [1.54, 1.807) is 0 Å². The number of hydrogen-bond acceptors (Lipinski definition) is 4. The number of rotatable bonds is 9. The topological polar surface area (TPSA) is 36.9 Å². The summed E-state index contributed by atoms with van der Waals surface area (Å²) < 4.78 is 25.2. The van der Waals surface area contributed by atoms with Crippen LogP contribution in [0.25, 0.3) is 0 Å². The Balaban J connectivity index is 3.51. The van der Waals surface area contributed by atoms with Crippen LogP contribution >= 0.6 is 0 Å². The molecule has 0 aliphatic carbocycles. The average Bonchev–Trinajstić information content (AvgIpc) is 2.48. The largest absolute Gasteiger partial charge is 0.488 e. The summed E-state index contributed by atoms with van der Waals surface area (Å²) in [5.41, 5.74) is -0.639. The van der Waals surface area contributed by atoms with Gasteiger partial charge in [0, 0.05) is 13.2 Å². The van der Waals surface area contributed by atoms with Crippen molar-refractivity contribution in [2.75, 3.05) is 13.2 Å². The van der Waals surface area contributed by atoms with Crippen LogP contribution in [0.4, 0.5) is 0 Å². The summed E-state index contributed by atoms with van der Waals surface area (Å²) in [5, 5.41) is 0.951. The minimum atomic E-state index is -2.71. The molecular weight excluding hydrogens is 344 g/mol. The van der Waals surface area contributed by atoms with Crippen molar-refractivity contribution in [1.82, 2.24) is 0 Å². The van der Waals surface area contributed by atoms with Gasteiger partial charge >= 0.3 is 8.56 Å². The Bertz CT molecular complexity index is 516. The van der Waals surface area contributed by atoms with Crippen molar-refractivity contribution in [3.8, 4) is 11.5 Å². The van der Waals surface area contributed by atoms with Crippen molar-refractivity contribution in [1.29, 1.82) is 0 Å². The molecule has 0 fully saturated rings. The molecule has 5 heteroatoms. The van der Waals surface area contributed by atoms with E-state index >= 15 is 0 Å². The molecule has 0 aliphatic heterocycles. The second-order valence-corrected chi connectivity index (χ2v) is 11.7.